The topological polar surface area (TPSA) is 24.9 Å². The molecule has 0 aliphatic heterocycles. The summed E-state index contributed by atoms with van der Waals surface area (Å²) in [4.78, 5) is 5.69. The van der Waals surface area contributed by atoms with Crippen molar-refractivity contribution in [2.45, 2.75) is 46.7 Å². The highest BCUT2D eigenvalue weighted by molar-refractivity contribution is 7.09. The molecule has 0 aliphatic carbocycles. The van der Waals surface area contributed by atoms with Gasteiger partial charge >= 0.3 is 0 Å². The molecule has 2 atom stereocenters. The Hall–Kier alpha value is -1.19. The quantitative estimate of drug-likeness (QED) is 0.866. The van der Waals surface area contributed by atoms with E-state index in [4.69, 9.17) is 0 Å². The van der Waals surface area contributed by atoms with Crippen LogP contribution in [-0.2, 0) is 0 Å². The van der Waals surface area contributed by atoms with Gasteiger partial charge in [0.2, 0.25) is 0 Å². The van der Waals surface area contributed by atoms with Gasteiger partial charge in [-0.25, -0.2) is 4.98 Å². The molecule has 0 spiro atoms. The minimum Gasteiger partial charge on any atom is -0.302 e. The second-order valence-electron chi connectivity index (χ2n) is 6.40. The Kier molecular flexibility index (Phi) is 4.61. The normalized spacial score (nSPS) is 15.1. The standard InChI is InChI=1S/C17H24N2S/c1-12-15(20-11-18-12)13(2)19-16(17(3,4)5)14-9-7-6-8-10-14/h6-11,13,16,19H,1-5H3. The van der Waals surface area contributed by atoms with Crippen molar-refractivity contribution in [3.05, 3.63) is 52.0 Å². The van der Waals surface area contributed by atoms with Gasteiger partial charge in [0, 0.05) is 17.0 Å². The van der Waals surface area contributed by atoms with Crippen molar-refractivity contribution in [2.24, 2.45) is 5.41 Å². The summed E-state index contributed by atoms with van der Waals surface area (Å²) in [5.41, 5.74) is 4.57. The Balaban J connectivity index is 2.24. The van der Waals surface area contributed by atoms with Crippen LogP contribution in [0.3, 0.4) is 0 Å². The second-order valence-corrected chi connectivity index (χ2v) is 7.29. The first-order valence-corrected chi connectivity index (χ1v) is 7.98. The van der Waals surface area contributed by atoms with E-state index in [9.17, 15) is 0 Å². The Morgan fingerprint density at radius 1 is 1.15 bits per heavy atom. The van der Waals surface area contributed by atoms with Gasteiger partial charge in [0.05, 0.1) is 11.2 Å². The molecular weight excluding hydrogens is 264 g/mol. The van der Waals surface area contributed by atoms with E-state index in [1.165, 1.54) is 10.4 Å². The van der Waals surface area contributed by atoms with Crippen LogP contribution in [0.5, 0.6) is 0 Å². The fraction of sp³-hybridized carbons (Fsp3) is 0.471. The largest absolute Gasteiger partial charge is 0.302 e. The molecule has 0 amide bonds. The summed E-state index contributed by atoms with van der Waals surface area (Å²) in [6.07, 6.45) is 0. The molecule has 1 heterocycles. The molecule has 2 rings (SSSR count). The summed E-state index contributed by atoms with van der Waals surface area (Å²) >= 11 is 1.73. The molecule has 2 nitrogen and oxygen atoms in total. The average molecular weight is 288 g/mol. The van der Waals surface area contributed by atoms with Gasteiger partial charge in [0.15, 0.2) is 0 Å². The molecule has 0 fully saturated rings. The SMILES string of the molecule is Cc1ncsc1C(C)NC(c1ccccc1)C(C)(C)C. The number of aromatic nitrogens is 1. The summed E-state index contributed by atoms with van der Waals surface area (Å²) < 4.78 is 0. The molecule has 1 aromatic carbocycles. The average Bonchev–Trinajstić information content (AvgIpc) is 2.82. The fourth-order valence-electron chi connectivity index (χ4n) is 2.54. The van der Waals surface area contributed by atoms with Crippen molar-refractivity contribution in [1.29, 1.82) is 0 Å². The summed E-state index contributed by atoms with van der Waals surface area (Å²) in [7, 11) is 0. The summed E-state index contributed by atoms with van der Waals surface area (Å²) in [5.74, 6) is 0. The Morgan fingerprint density at radius 3 is 2.30 bits per heavy atom. The fourth-order valence-corrected chi connectivity index (χ4v) is 3.36. The highest BCUT2D eigenvalue weighted by Gasteiger charge is 2.28. The van der Waals surface area contributed by atoms with Crippen LogP contribution in [0.2, 0.25) is 0 Å². The molecule has 0 aliphatic rings. The first kappa shape index (κ1) is 15.2. The molecule has 20 heavy (non-hydrogen) atoms. The minimum atomic E-state index is 0.161. The Morgan fingerprint density at radius 2 is 1.80 bits per heavy atom. The summed E-state index contributed by atoms with van der Waals surface area (Å²) in [6.45, 7) is 11.2. The Labute approximate surface area is 126 Å². The molecule has 0 saturated carbocycles. The third kappa shape index (κ3) is 3.47. The molecule has 2 unspecified atom stereocenters. The van der Waals surface area contributed by atoms with Crippen LogP contribution in [0.25, 0.3) is 0 Å². The van der Waals surface area contributed by atoms with Crippen LogP contribution in [-0.4, -0.2) is 4.98 Å². The number of aryl methyl sites for hydroxylation is 1. The predicted molar refractivity (Wildman–Crippen MR) is 87.0 cm³/mol. The van der Waals surface area contributed by atoms with Crippen molar-refractivity contribution in [1.82, 2.24) is 10.3 Å². The zero-order chi connectivity index (χ0) is 14.8. The predicted octanol–water partition coefficient (Wildman–Crippen LogP) is 4.89. The van der Waals surface area contributed by atoms with Gasteiger partial charge in [-0.2, -0.15) is 0 Å². The highest BCUT2D eigenvalue weighted by atomic mass is 32.1. The zero-order valence-corrected chi connectivity index (χ0v) is 13.8. The molecule has 2 aromatic rings. The van der Waals surface area contributed by atoms with Crippen molar-refractivity contribution >= 4 is 11.3 Å². The zero-order valence-electron chi connectivity index (χ0n) is 13.0. The van der Waals surface area contributed by atoms with Crippen LogP contribution in [0.4, 0.5) is 0 Å². The van der Waals surface area contributed by atoms with Gasteiger partial charge in [-0.3, -0.25) is 0 Å². The van der Waals surface area contributed by atoms with E-state index in [-0.39, 0.29) is 5.41 Å². The van der Waals surface area contributed by atoms with Crippen LogP contribution < -0.4 is 5.32 Å². The van der Waals surface area contributed by atoms with Crippen LogP contribution in [0, 0.1) is 12.3 Å². The molecule has 0 saturated heterocycles. The van der Waals surface area contributed by atoms with Crippen molar-refractivity contribution in [3.8, 4) is 0 Å². The second kappa shape index (κ2) is 6.06. The first-order valence-electron chi connectivity index (χ1n) is 7.10. The van der Waals surface area contributed by atoms with Gasteiger partial charge in [-0.05, 0) is 24.8 Å². The molecule has 3 heteroatoms. The van der Waals surface area contributed by atoms with Crippen molar-refractivity contribution in [3.63, 3.8) is 0 Å². The monoisotopic (exact) mass is 288 g/mol. The number of nitrogens with one attached hydrogen (secondary N) is 1. The van der Waals surface area contributed by atoms with Crippen LogP contribution >= 0.6 is 11.3 Å². The molecular formula is C17H24N2S. The van der Waals surface area contributed by atoms with E-state index >= 15 is 0 Å². The van der Waals surface area contributed by atoms with Gasteiger partial charge in [0.1, 0.15) is 0 Å². The van der Waals surface area contributed by atoms with Crippen LogP contribution in [0.15, 0.2) is 35.8 Å². The summed E-state index contributed by atoms with van der Waals surface area (Å²) in [6, 6.07) is 11.3. The van der Waals surface area contributed by atoms with E-state index < -0.39 is 0 Å². The molecule has 1 N–H and O–H groups in total. The van der Waals surface area contributed by atoms with E-state index in [2.05, 4.69) is 75.3 Å². The van der Waals surface area contributed by atoms with Gasteiger partial charge in [-0.15, -0.1) is 11.3 Å². The molecule has 0 bridgehead atoms. The van der Waals surface area contributed by atoms with Gasteiger partial charge < -0.3 is 5.32 Å². The number of rotatable bonds is 4. The third-order valence-corrected chi connectivity index (χ3v) is 4.71. The Bertz CT molecular complexity index is 540. The number of hydrogen-bond donors (Lipinski definition) is 1. The summed E-state index contributed by atoms with van der Waals surface area (Å²) in [5, 5.41) is 3.79. The first-order chi connectivity index (χ1) is 9.39. The number of benzene rings is 1. The smallest absolute Gasteiger partial charge is 0.0798 e. The van der Waals surface area contributed by atoms with Gasteiger partial charge in [-0.1, -0.05) is 51.1 Å². The highest BCUT2D eigenvalue weighted by Crippen LogP contribution is 2.35. The molecule has 0 radical (unpaired) electrons. The van der Waals surface area contributed by atoms with E-state index in [1.54, 1.807) is 11.3 Å². The van der Waals surface area contributed by atoms with Gasteiger partial charge in [0.25, 0.3) is 0 Å². The number of thiazole rings is 1. The maximum Gasteiger partial charge on any atom is 0.0798 e. The lowest BCUT2D eigenvalue weighted by molar-refractivity contribution is 0.255. The molecule has 1 aromatic heterocycles. The van der Waals surface area contributed by atoms with Crippen molar-refractivity contribution in [2.75, 3.05) is 0 Å². The van der Waals surface area contributed by atoms with E-state index in [1.807, 2.05) is 5.51 Å². The maximum atomic E-state index is 4.36. The molecule has 108 valence electrons. The lowest BCUT2D eigenvalue weighted by atomic mass is 9.82. The lowest BCUT2D eigenvalue weighted by Gasteiger charge is -2.34. The van der Waals surface area contributed by atoms with E-state index in [0.717, 1.165) is 5.69 Å². The van der Waals surface area contributed by atoms with Crippen molar-refractivity contribution < 1.29 is 0 Å². The van der Waals surface area contributed by atoms with E-state index in [0.29, 0.717) is 12.1 Å². The van der Waals surface area contributed by atoms with Crippen LogP contribution in [0.1, 0.15) is 55.9 Å². The lowest BCUT2D eigenvalue weighted by Crippen LogP contribution is -2.34. The minimum absolute atomic E-state index is 0.161. The number of hydrogen-bond acceptors (Lipinski definition) is 3. The third-order valence-electron chi connectivity index (χ3n) is 3.59. The maximum absolute atomic E-state index is 4.36. The number of nitrogens with zero attached hydrogens (tertiary/aromatic N) is 1.